The van der Waals surface area contributed by atoms with E-state index in [1.165, 1.54) is 126 Å². The van der Waals surface area contributed by atoms with E-state index < -0.39 is 0 Å². The minimum Gasteiger partial charge on any atom is -0.378 e. The van der Waals surface area contributed by atoms with Crippen LogP contribution in [0.2, 0.25) is 0 Å². The molecule has 0 bridgehead atoms. The van der Waals surface area contributed by atoms with Crippen molar-refractivity contribution in [2.24, 2.45) is 65.1 Å². The van der Waals surface area contributed by atoms with Crippen LogP contribution >= 0.6 is 47.0 Å². The van der Waals surface area contributed by atoms with Gasteiger partial charge in [-0.3, -0.25) is 0 Å². The molecular weight excluding hydrogens is 1070 g/mol. The summed E-state index contributed by atoms with van der Waals surface area (Å²) >= 11 is 8.21. The quantitative estimate of drug-likeness (QED) is 0.218. The molecule has 478 valence electrons. The Hall–Kier alpha value is 0.600. The fourth-order valence-electron chi connectivity index (χ4n) is 9.45. The van der Waals surface area contributed by atoms with Crippen molar-refractivity contribution in [2.75, 3.05) is 69.3 Å². The molecule has 0 N–H and O–H groups in total. The highest BCUT2D eigenvalue weighted by molar-refractivity contribution is 8.17. The number of rotatable bonds is 0. The molecule has 7 aliphatic heterocycles. The first-order valence-electron chi connectivity index (χ1n) is 33.0. The van der Waals surface area contributed by atoms with E-state index in [2.05, 4.69) is 172 Å². The van der Waals surface area contributed by atoms with Crippen molar-refractivity contribution in [3.8, 4) is 0 Å². The van der Waals surface area contributed by atoms with Crippen molar-refractivity contribution in [2.45, 2.75) is 281 Å². The normalized spacial score (nSPS) is 37.8. The van der Waals surface area contributed by atoms with E-state index >= 15 is 0 Å². The van der Waals surface area contributed by atoms with Gasteiger partial charge < -0.3 is 33.2 Å². The third kappa shape index (κ3) is 46.8. The molecule has 10 unspecified atom stereocenters. The minimum atomic E-state index is 0. The summed E-state index contributed by atoms with van der Waals surface area (Å²) in [6.45, 7) is 50.6. The summed E-state index contributed by atoms with van der Waals surface area (Å²) in [5.74, 6) is 14.8. The smallest absolute Gasteiger partial charge is 0.154 e. The molecule has 7 nitrogen and oxygen atoms in total. The molecule has 0 spiro atoms. The van der Waals surface area contributed by atoms with Gasteiger partial charge in [0.1, 0.15) is 0 Å². The molecule has 1 saturated carbocycles. The van der Waals surface area contributed by atoms with E-state index in [-0.39, 0.29) is 14.0 Å². The van der Waals surface area contributed by atoms with E-state index in [4.69, 9.17) is 33.2 Å². The average molecular weight is 1210 g/mol. The molecule has 3 aliphatic carbocycles. The molecule has 0 radical (unpaired) electrons. The second kappa shape index (κ2) is 48.6. The fraction of sp³-hybridized carbons (Fsp3) is 0.942. The van der Waals surface area contributed by atoms with Gasteiger partial charge in [0.05, 0.1) is 50.7 Å². The number of hydrogen-bond donors (Lipinski definition) is 0. The highest BCUT2D eigenvalue weighted by Gasteiger charge is 2.19. The lowest BCUT2D eigenvalue weighted by Crippen LogP contribution is -2.27. The van der Waals surface area contributed by atoms with Gasteiger partial charge in [-0.25, -0.2) is 0 Å². The lowest BCUT2D eigenvalue weighted by molar-refractivity contribution is -0.187. The van der Waals surface area contributed by atoms with Crippen LogP contribution in [0, 0.1) is 65.1 Å². The van der Waals surface area contributed by atoms with Gasteiger partial charge in [0.15, 0.2) is 12.6 Å². The Kier molecular flexibility index (Phi) is 47.7. The summed E-state index contributed by atoms with van der Waals surface area (Å²) in [6, 6.07) is 0. The summed E-state index contributed by atoms with van der Waals surface area (Å²) in [4.78, 5) is 0. The van der Waals surface area contributed by atoms with Gasteiger partial charge in [0.2, 0.25) is 0 Å². The van der Waals surface area contributed by atoms with Gasteiger partial charge in [0.25, 0.3) is 0 Å². The predicted octanol–water partition coefficient (Wildman–Crippen LogP) is 21.0. The molecule has 10 atom stereocenters. The van der Waals surface area contributed by atoms with Crippen LogP contribution < -0.4 is 0 Å². The van der Waals surface area contributed by atoms with Crippen LogP contribution in [0.1, 0.15) is 243 Å². The third-order valence-electron chi connectivity index (χ3n) is 16.2. The number of ether oxygens (including phenoxy) is 7. The Morgan fingerprint density at radius 2 is 0.662 bits per heavy atom. The lowest BCUT2D eigenvalue weighted by Gasteiger charge is -2.24. The second-order valence-electron chi connectivity index (χ2n) is 27.1. The van der Waals surface area contributed by atoms with E-state index in [9.17, 15) is 0 Å². The largest absolute Gasteiger partial charge is 0.378 e. The van der Waals surface area contributed by atoms with Crippen LogP contribution in [-0.2, 0) is 33.2 Å². The first-order chi connectivity index (χ1) is 37.9. The molecule has 0 aromatic carbocycles. The topological polar surface area (TPSA) is 64.6 Å². The van der Waals surface area contributed by atoms with Crippen LogP contribution in [0.15, 0.2) is 23.3 Å². The lowest BCUT2D eigenvalue weighted by atomic mass is 9.84. The summed E-state index contributed by atoms with van der Waals surface area (Å²) < 4.78 is 37.7. The first kappa shape index (κ1) is 78.6. The Balaban J connectivity index is 0.000000877. The van der Waals surface area contributed by atoms with Gasteiger partial charge in [-0.15, -0.1) is 35.3 Å². The van der Waals surface area contributed by atoms with E-state index in [1.807, 2.05) is 25.6 Å². The van der Waals surface area contributed by atoms with Crippen LogP contribution in [0.3, 0.4) is 0 Å². The minimum absolute atomic E-state index is 0. The second-order valence-corrected chi connectivity index (χ2v) is 32.9. The molecular formula is C69H136O7S4. The maximum atomic E-state index is 5.39. The molecule has 0 amide bonds. The molecule has 10 rings (SSSR count). The van der Waals surface area contributed by atoms with Crippen molar-refractivity contribution < 1.29 is 34.6 Å². The zero-order chi connectivity index (χ0) is 59.8. The van der Waals surface area contributed by atoms with Gasteiger partial charge in [-0.05, 0) is 203 Å². The molecule has 11 heteroatoms. The molecule has 10 aliphatic rings. The average Bonchev–Trinajstić information content (AvgIpc) is 3.44. The highest BCUT2D eigenvalue weighted by atomic mass is 32.2. The first-order valence-corrected chi connectivity index (χ1v) is 37.2. The Labute approximate surface area is 517 Å². The summed E-state index contributed by atoms with van der Waals surface area (Å²) in [5, 5.41) is 0.936. The molecule has 0 aromatic rings. The molecule has 8 fully saturated rings. The van der Waals surface area contributed by atoms with Crippen molar-refractivity contribution in [1.29, 1.82) is 0 Å². The van der Waals surface area contributed by atoms with Gasteiger partial charge in [0, 0.05) is 42.1 Å². The fourth-order valence-corrected chi connectivity index (χ4v) is 13.9. The maximum absolute atomic E-state index is 5.39. The molecule has 7 saturated heterocycles. The van der Waals surface area contributed by atoms with Gasteiger partial charge in [-0.2, -0.15) is 11.8 Å². The van der Waals surface area contributed by atoms with Crippen LogP contribution in [-0.4, -0.2) is 109 Å². The molecule has 80 heavy (non-hydrogen) atoms. The Morgan fingerprint density at radius 1 is 0.312 bits per heavy atom. The van der Waals surface area contributed by atoms with Crippen molar-refractivity contribution in [3.63, 3.8) is 0 Å². The standard InChI is InChI=1S/C8H16.2C8H14.2C7H14O.C7H14S.2C6H12O2.C6H12OS.C6H12S2.H2/c3*1-7-3-5-8(2)6-4-7;3*1-6-3-4-7(2)8-5-6;4*1-5-3-7-6(2)8-4-5;/h7-8H,3-6H2,1-2H3;2*3,8H,4-6H2,1-2H3;3*6-7H,3-5H2,1-2H3;4*5-6H,3-4H2,1-2H3;1H. The summed E-state index contributed by atoms with van der Waals surface area (Å²) in [6.07, 6.45) is 27.9. The maximum Gasteiger partial charge on any atom is 0.154 e. The molecule has 0 aromatic heterocycles. The highest BCUT2D eigenvalue weighted by Crippen LogP contribution is 2.33. The van der Waals surface area contributed by atoms with E-state index in [0.717, 1.165) is 109 Å². The van der Waals surface area contributed by atoms with Gasteiger partial charge in [-0.1, -0.05) is 132 Å². The van der Waals surface area contributed by atoms with Gasteiger partial charge >= 0.3 is 0 Å². The number of thioether (sulfide) groups is 4. The molecule has 7 heterocycles. The third-order valence-corrected chi connectivity index (χ3v) is 22.4. The van der Waals surface area contributed by atoms with Crippen molar-refractivity contribution in [3.05, 3.63) is 23.3 Å². The predicted molar refractivity (Wildman–Crippen MR) is 362 cm³/mol. The van der Waals surface area contributed by atoms with E-state index in [0.29, 0.717) is 29.5 Å². The summed E-state index contributed by atoms with van der Waals surface area (Å²) in [7, 11) is 0. The summed E-state index contributed by atoms with van der Waals surface area (Å²) in [5.41, 5.74) is 3.61. The van der Waals surface area contributed by atoms with Crippen LogP contribution in [0.4, 0.5) is 0 Å². The van der Waals surface area contributed by atoms with Crippen LogP contribution in [0.25, 0.3) is 0 Å². The van der Waals surface area contributed by atoms with Crippen molar-refractivity contribution in [1.82, 2.24) is 0 Å². The zero-order valence-electron chi connectivity index (χ0n) is 56.1. The number of hydrogen-bond acceptors (Lipinski definition) is 11. The van der Waals surface area contributed by atoms with E-state index in [1.54, 1.807) is 11.1 Å². The Morgan fingerprint density at radius 3 is 0.912 bits per heavy atom. The monoisotopic (exact) mass is 1200 g/mol. The SMILES string of the molecule is CC1=CCC(C)CC1.CC1=CCC(C)CC1.CC1CCC(C)CC1.CC1CCC(C)OC1.CC1CCC(C)OC1.CC1CCC(C)SC1.CC1COC(C)OC1.CC1COC(C)OC1.CC1COC(C)SC1.CC1CSC(C)SC1.[HH]. The number of allylic oxidation sites excluding steroid dienone is 4. The zero-order valence-corrected chi connectivity index (χ0v) is 59.4. The van der Waals surface area contributed by atoms with Crippen LogP contribution in [0.5, 0.6) is 0 Å². The van der Waals surface area contributed by atoms with Crippen molar-refractivity contribution >= 4 is 47.0 Å². The Bertz CT molecular complexity index is 1100.